The van der Waals surface area contributed by atoms with E-state index >= 15 is 0 Å². The summed E-state index contributed by atoms with van der Waals surface area (Å²) in [4.78, 5) is 0. The SMILES string of the molecule is CN1CCCN(C)P1(=NC(C)(C)C)N=P(N(C)C)(N(C)C)N(C)C. The molecule has 1 saturated heterocycles. The highest BCUT2D eigenvalue weighted by Crippen LogP contribution is 2.70. The smallest absolute Gasteiger partial charge is 0.213 e. The minimum absolute atomic E-state index is 0.127. The summed E-state index contributed by atoms with van der Waals surface area (Å²) in [5, 5.41) is 0. The largest absolute Gasteiger partial charge is 0.252 e. The lowest BCUT2D eigenvalue weighted by atomic mass is 10.1. The molecule has 0 aromatic carbocycles. The third kappa shape index (κ3) is 4.32. The van der Waals surface area contributed by atoms with Crippen LogP contribution < -0.4 is 0 Å². The quantitative estimate of drug-likeness (QED) is 0.698. The van der Waals surface area contributed by atoms with E-state index < -0.39 is 15.0 Å². The van der Waals surface area contributed by atoms with Gasteiger partial charge in [0.1, 0.15) is 0 Å². The van der Waals surface area contributed by atoms with Gasteiger partial charge in [0.2, 0.25) is 7.51 Å². The first kappa shape index (κ1) is 22.3. The van der Waals surface area contributed by atoms with Gasteiger partial charge in [-0.1, -0.05) is 0 Å². The molecule has 1 heterocycles. The van der Waals surface area contributed by atoms with Gasteiger partial charge in [-0.3, -0.25) is 14.0 Å². The Morgan fingerprint density at radius 1 is 0.833 bits per heavy atom. The minimum atomic E-state index is -2.14. The van der Waals surface area contributed by atoms with Gasteiger partial charge in [-0.05, 0) is 83.6 Å². The molecule has 1 aliphatic rings. The molecule has 1 aliphatic heterocycles. The lowest BCUT2D eigenvalue weighted by molar-refractivity contribution is 0.368. The maximum absolute atomic E-state index is 5.63. The van der Waals surface area contributed by atoms with Crippen molar-refractivity contribution in [3.63, 3.8) is 0 Å². The van der Waals surface area contributed by atoms with Crippen LogP contribution >= 0.6 is 15.0 Å². The Bertz CT molecular complexity index is 492. The van der Waals surface area contributed by atoms with Gasteiger partial charge in [-0.15, -0.1) is 0 Å². The number of rotatable bonds is 4. The Morgan fingerprint density at radius 2 is 1.21 bits per heavy atom. The minimum Gasteiger partial charge on any atom is -0.252 e. The zero-order chi connectivity index (χ0) is 18.9. The van der Waals surface area contributed by atoms with E-state index in [0.717, 1.165) is 13.1 Å². The van der Waals surface area contributed by atoms with Crippen molar-refractivity contribution in [2.45, 2.75) is 32.7 Å². The van der Waals surface area contributed by atoms with Crippen molar-refractivity contribution in [2.24, 2.45) is 9.26 Å². The van der Waals surface area contributed by atoms with Gasteiger partial charge in [0.15, 0.2) is 7.51 Å². The summed E-state index contributed by atoms with van der Waals surface area (Å²) in [7, 11) is 13.0. The van der Waals surface area contributed by atoms with Crippen LogP contribution in [0.1, 0.15) is 27.2 Å². The fraction of sp³-hybridized carbons (Fsp3) is 1.00. The van der Waals surface area contributed by atoms with Crippen LogP contribution in [0.4, 0.5) is 0 Å². The summed E-state index contributed by atoms with van der Waals surface area (Å²) in [5.41, 5.74) is -0.127. The second kappa shape index (κ2) is 7.87. The molecule has 0 aromatic rings. The molecule has 0 amide bonds. The van der Waals surface area contributed by atoms with Crippen LogP contribution in [0.5, 0.6) is 0 Å². The zero-order valence-corrected chi connectivity index (χ0v) is 19.4. The van der Waals surface area contributed by atoms with Crippen LogP contribution in [0.25, 0.3) is 0 Å². The molecule has 144 valence electrons. The molecule has 0 aromatic heterocycles. The second-order valence-electron chi connectivity index (χ2n) is 8.09. The van der Waals surface area contributed by atoms with Gasteiger partial charge in [0, 0.05) is 13.1 Å². The maximum atomic E-state index is 5.63. The zero-order valence-electron chi connectivity index (χ0n) is 17.6. The second-order valence-corrected chi connectivity index (χ2v) is 14.9. The molecule has 9 heteroatoms. The highest BCUT2D eigenvalue weighted by molar-refractivity contribution is 7.71. The molecule has 0 aliphatic carbocycles. The Hall–Kier alpha value is 0.260. The number of nitrogens with zero attached hydrogens (tertiary/aromatic N) is 7. The molecule has 0 saturated carbocycles. The van der Waals surface area contributed by atoms with Gasteiger partial charge >= 0.3 is 0 Å². The lowest BCUT2D eigenvalue weighted by Gasteiger charge is -2.48. The third-order valence-corrected chi connectivity index (χ3v) is 12.4. The van der Waals surface area contributed by atoms with Gasteiger partial charge in [-0.25, -0.2) is 14.1 Å². The summed E-state index contributed by atoms with van der Waals surface area (Å²) in [6.07, 6.45) is 1.17. The molecule has 1 fully saturated rings. The van der Waals surface area contributed by atoms with Crippen molar-refractivity contribution in [3.05, 3.63) is 0 Å². The van der Waals surface area contributed by atoms with E-state index in [1.807, 2.05) is 0 Å². The van der Waals surface area contributed by atoms with Crippen molar-refractivity contribution in [1.29, 1.82) is 0 Å². The molecule has 0 unspecified atom stereocenters. The summed E-state index contributed by atoms with van der Waals surface area (Å²) in [6, 6.07) is 0. The molecule has 0 atom stereocenters. The summed E-state index contributed by atoms with van der Waals surface area (Å²) in [5.74, 6) is 0. The van der Waals surface area contributed by atoms with Gasteiger partial charge < -0.3 is 0 Å². The molecule has 1 rings (SSSR count). The Kier molecular flexibility index (Phi) is 7.32. The summed E-state index contributed by atoms with van der Waals surface area (Å²) >= 11 is 0. The molecule has 0 radical (unpaired) electrons. The van der Waals surface area contributed by atoms with Crippen molar-refractivity contribution >= 4 is 15.0 Å². The fourth-order valence-corrected chi connectivity index (χ4v) is 12.3. The highest BCUT2D eigenvalue weighted by atomic mass is 31.2. The molecular formula is C15H39N7P2. The van der Waals surface area contributed by atoms with Crippen molar-refractivity contribution in [1.82, 2.24) is 23.4 Å². The molecule has 24 heavy (non-hydrogen) atoms. The highest BCUT2D eigenvalue weighted by Gasteiger charge is 2.40. The third-order valence-electron chi connectivity index (χ3n) is 4.16. The van der Waals surface area contributed by atoms with Crippen LogP contribution in [0.15, 0.2) is 9.26 Å². The standard InChI is InChI=1S/C15H39N7P2/c1-15(2,3)16-23(21(10)13-12-14-22(23)11)17-24(18(4)5,19(6)7)20(8)9/h12-14H2,1-11H3. The summed E-state index contributed by atoms with van der Waals surface area (Å²) in [6.45, 7) is 8.65. The van der Waals surface area contributed by atoms with Crippen molar-refractivity contribution in [2.75, 3.05) is 69.5 Å². The number of hydrogen-bond donors (Lipinski definition) is 0. The first-order valence-corrected chi connectivity index (χ1v) is 11.7. The van der Waals surface area contributed by atoms with E-state index in [4.69, 9.17) is 9.26 Å². The van der Waals surface area contributed by atoms with E-state index in [0.29, 0.717) is 0 Å². The van der Waals surface area contributed by atoms with Crippen LogP contribution in [-0.2, 0) is 0 Å². The van der Waals surface area contributed by atoms with Crippen LogP contribution in [0, 0.1) is 0 Å². The summed E-state index contributed by atoms with van der Waals surface area (Å²) < 4.78 is 22.6. The van der Waals surface area contributed by atoms with E-state index in [9.17, 15) is 0 Å². The van der Waals surface area contributed by atoms with E-state index in [2.05, 4.69) is 101 Å². The predicted molar refractivity (Wildman–Crippen MR) is 109 cm³/mol. The predicted octanol–water partition coefficient (Wildman–Crippen LogP) is 3.63. The average Bonchev–Trinajstić information content (AvgIpc) is 2.38. The Balaban J connectivity index is 3.87. The van der Waals surface area contributed by atoms with Crippen LogP contribution in [0.2, 0.25) is 0 Å². The molecular weight excluding hydrogens is 340 g/mol. The fourth-order valence-electron chi connectivity index (χ4n) is 3.24. The van der Waals surface area contributed by atoms with E-state index in [1.165, 1.54) is 6.42 Å². The monoisotopic (exact) mass is 379 g/mol. The van der Waals surface area contributed by atoms with Gasteiger partial charge in [-0.2, -0.15) is 4.52 Å². The van der Waals surface area contributed by atoms with E-state index in [1.54, 1.807) is 0 Å². The molecule has 0 N–H and O–H groups in total. The van der Waals surface area contributed by atoms with Gasteiger partial charge in [0.25, 0.3) is 0 Å². The lowest BCUT2D eigenvalue weighted by Crippen LogP contribution is -2.37. The molecule has 0 bridgehead atoms. The van der Waals surface area contributed by atoms with Crippen LogP contribution in [-0.4, -0.2) is 98.4 Å². The van der Waals surface area contributed by atoms with Crippen LogP contribution in [0.3, 0.4) is 0 Å². The average molecular weight is 379 g/mol. The Labute approximate surface area is 150 Å². The normalized spacial score (nSPS) is 20.9. The van der Waals surface area contributed by atoms with Gasteiger partial charge in [0.05, 0.1) is 5.54 Å². The van der Waals surface area contributed by atoms with Crippen molar-refractivity contribution in [3.8, 4) is 0 Å². The Morgan fingerprint density at radius 3 is 1.50 bits per heavy atom. The molecule has 7 nitrogen and oxygen atoms in total. The first-order valence-electron chi connectivity index (χ1n) is 8.53. The topological polar surface area (TPSA) is 40.9 Å². The maximum Gasteiger partial charge on any atom is 0.213 e. The molecule has 0 spiro atoms. The van der Waals surface area contributed by atoms with Crippen molar-refractivity contribution < 1.29 is 0 Å². The van der Waals surface area contributed by atoms with E-state index in [-0.39, 0.29) is 5.54 Å². The first-order chi connectivity index (χ1) is 10.8. The number of hydrogen-bond acceptors (Lipinski definition) is 1.